The van der Waals surface area contributed by atoms with Crippen molar-refractivity contribution >= 4 is 39.6 Å². The molecule has 0 saturated carbocycles. The Morgan fingerprint density at radius 3 is 2.52 bits per heavy atom. The Morgan fingerprint density at radius 2 is 1.87 bits per heavy atom. The number of amides is 2. The Balaban J connectivity index is 1.88. The molecule has 0 aliphatic rings. The van der Waals surface area contributed by atoms with E-state index in [4.69, 9.17) is 0 Å². The van der Waals surface area contributed by atoms with Gasteiger partial charge in [0.05, 0.1) is 6.21 Å². The lowest BCUT2D eigenvalue weighted by Gasteiger charge is -2.04. The largest absolute Gasteiger partial charge is 0.329 e. The van der Waals surface area contributed by atoms with E-state index >= 15 is 0 Å². The van der Waals surface area contributed by atoms with Crippen LogP contribution in [-0.2, 0) is 16.0 Å². The summed E-state index contributed by atoms with van der Waals surface area (Å²) in [6, 6.07) is 14.7. The number of carbonyl (C=O) groups excluding carboxylic acids is 2. The van der Waals surface area contributed by atoms with E-state index in [-0.39, 0.29) is 0 Å². The number of nitrogens with one attached hydrogen (secondary N) is 2. The van der Waals surface area contributed by atoms with Gasteiger partial charge in [0.1, 0.15) is 0 Å². The highest BCUT2D eigenvalue weighted by molar-refractivity contribution is 9.10. The van der Waals surface area contributed by atoms with Gasteiger partial charge in [-0.2, -0.15) is 5.10 Å². The Labute approximate surface area is 142 Å². The van der Waals surface area contributed by atoms with Crippen molar-refractivity contribution in [2.75, 3.05) is 5.32 Å². The number of rotatable bonds is 4. The van der Waals surface area contributed by atoms with Gasteiger partial charge in [0.15, 0.2) is 0 Å². The fourth-order valence-electron chi connectivity index (χ4n) is 1.81. The van der Waals surface area contributed by atoms with Crippen LogP contribution in [-0.4, -0.2) is 18.0 Å². The fraction of sp³-hybridized carbons (Fsp3) is 0.118. The Bertz CT molecular complexity index is 727. The van der Waals surface area contributed by atoms with Crippen LogP contribution in [0.1, 0.15) is 18.1 Å². The lowest BCUT2D eigenvalue weighted by Crippen LogP contribution is -2.32. The number of anilines is 1. The zero-order chi connectivity index (χ0) is 16.7. The maximum Gasteiger partial charge on any atom is 0.329 e. The van der Waals surface area contributed by atoms with E-state index in [1.165, 1.54) is 6.21 Å². The van der Waals surface area contributed by atoms with Crippen molar-refractivity contribution in [3.63, 3.8) is 0 Å². The number of aryl methyl sites for hydroxylation is 1. The molecule has 0 aromatic heterocycles. The second-order valence-corrected chi connectivity index (χ2v) is 5.67. The first-order valence-electron chi connectivity index (χ1n) is 7.07. The zero-order valence-corrected chi connectivity index (χ0v) is 14.1. The third-order valence-corrected chi connectivity index (χ3v) is 3.55. The molecule has 2 aromatic rings. The van der Waals surface area contributed by atoms with Crippen molar-refractivity contribution in [3.05, 3.63) is 64.1 Å². The second-order valence-electron chi connectivity index (χ2n) is 4.76. The summed E-state index contributed by atoms with van der Waals surface area (Å²) in [5, 5.41) is 6.28. The number of hydrogen-bond donors (Lipinski definition) is 2. The van der Waals surface area contributed by atoms with Gasteiger partial charge in [0, 0.05) is 10.2 Å². The standard InChI is InChI=1S/C17H16BrN3O2/c1-2-12-6-8-15(9-7-12)20-16(22)17(23)21-19-11-13-4-3-5-14(18)10-13/h3-11H,2H2,1H3,(H,20,22)(H,21,23)/b19-11+. The smallest absolute Gasteiger partial charge is 0.318 e. The highest BCUT2D eigenvalue weighted by atomic mass is 79.9. The molecule has 5 nitrogen and oxygen atoms in total. The van der Waals surface area contributed by atoms with Crippen molar-refractivity contribution in [2.45, 2.75) is 13.3 Å². The third-order valence-electron chi connectivity index (χ3n) is 3.05. The molecule has 2 amide bonds. The number of halogens is 1. The molecule has 118 valence electrons. The highest BCUT2D eigenvalue weighted by Gasteiger charge is 2.12. The van der Waals surface area contributed by atoms with Gasteiger partial charge in [-0.25, -0.2) is 5.43 Å². The van der Waals surface area contributed by atoms with Crippen LogP contribution in [0, 0.1) is 0 Å². The average molecular weight is 374 g/mol. The molecule has 0 aliphatic heterocycles. The highest BCUT2D eigenvalue weighted by Crippen LogP contribution is 2.10. The van der Waals surface area contributed by atoms with Crippen molar-refractivity contribution in [2.24, 2.45) is 5.10 Å². The van der Waals surface area contributed by atoms with Gasteiger partial charge in [-0.05, 0) is 41.8 Å². The van der Waals surface area contributed by atoms with Gasteiger partial charge in [0.25, 0.3) is 0 Å². The molecular weight excluding hydrogens is 358 g/mol. The molecule has 0 aliphatic carbocycles. The quantitative estimate of drug-likeness (QED) is 0.491. The van der Waals surface area contributed by atoms with Gasteiger partial charge in [-0.1, -0.05) is 47.1 Å². The maximum atomic E-state index is 11.8. The first-order chi connectivity index (χ1) is 11.1. The molecule has 0 spiro atoms. The molecule has 0 radical (unpaired) electrons. The van der Waals surface area contributed by atoms with Gasteiger partial charge in [-0.15, -0.1) is 0 Å². The van der Waals surface area contributed by atoms with Crippen molar-refractivity contribution in [1.29, 1.82) is 0 Å². The Morgan fingerprint density at radius 1 is 1.13 bits per heavy atom. The number of carbonyl (C=O) groups is 2. The summed E-state index contributed by atoms with van der Waals surface area (Å²) >= 11 is 3.34. The van der Waals surface area contributed by atoms with Gasteiger partial charge in [0.2, 0.25) is 0 Å². The molecule has 0 bridgehead atoms. The molecule has 0 fully saturated rings. The molecule has 0 unspecified atom stereocenters. The van der Waals surface area contributed by atoms with Crippen LogP contribution >= 0.6 is 15.9 Å². The number of hydrogen-bond acceptors (Lipinski definition) is 3. The third kappa shape index (κ3) is 5.34. The lowest BCUT2D eigenvalue weighted by atomic mass is 10.1. The molecular formula is C17H16BrN3O2. The predicted octanol–water partition coefficient (Wildman–Crippen LogP) is 3.10. The van der Waals surface area contributed by atoms with Crippen LogP contribution in [0.5, 0.6) is 0 Å². The summed E-state index contributed by atoms with van der Waals surface area (Å²) in [6.07, 6.45) is 2.38. The van der Waals surface area contributed by atoms with Gasteiger partial charge >= 0.3 is 11.8 Å². The molecule has 6 heteroatoms. The van der Waals surface area contributed by atoms with Gasteiger partial charge in [-0.3, -0.25) is 9.59 Å². The molecule has 0 atom stereocenters. The zero-order valence-electron chi connectivity index (χ0n) is 12.5. The van der Waals surface area contributed by atoms with E-state index in [9.17, 15) is 9.59 Å². The van der Waals surface area contributed by atoms with Gasteiger partial charge < -0.3 is 5.32 Å². The van der Waals surface area contributed by atoms with Crippen LogP contribution in [0.2, 0.25) is 0 Å². The van der Waals surface area contributed by atoms with Crippen molar-refractivity contribution in [1.82, 2.24) is 5.43 Å². The summed E-state index contributed by atoms with van der Waals surface area (Å²) in [5.41, 5.74) is 4.72. The van der Waals surface area contributed by atoms with E-state index in [0.717, 1.165) is 22.0 Å². The summed E-state index contributed by atoms with van der Waals surface area (Å²) < 4.78 is 0.904. The summed E-state index contributed by atoms with van der Waals surface area (Å²) in [7, 11) is 0. The average Bonchev–Trinajstić information content (AvgIpc) is 2.55. The molecule has 2 rings (SSSR count). The fourth-order valence-corrected chi connectivity index (χ4v) is 2.23. The first kappa shape index (κ1) is 16.9. The minimum atomic E-state index is -0.823. The molecule has 23 heavy (non-hydrogen) atoms. The van der Waals surface area contributed by atoms with Crippen LogP contribution < -0.4 is 10.7 Å². The summed E-state index contributed by atoms with van der Waals surface area (Å²) in [4.78, 5) is 23.4. The SMILES string of the molecule is CCc1ccc(NC(=O)C(=O)N/N=C/c2cccc(Br)c2)cc1. The monoisotopic (exact) mass is 373 g/mol. The van der Waals surface area contributed by atoms with Crippen LogP contribution in [0.15, 0.2) is 58.1 Å². The minimum absolute atomic E-state index is 0.568. The molecule has 0 heterocycles. The number of hydrazone groups is 1. The molecule has 0 saturated heterocycles. The first-order valence-corrected chi connectivity index (χ1v) is 7.86. The number of benzene rings is 2. The van der Waals surface area contributed by atoms with E-state index in [1.54, 1.807) is 12.1 Å². The molecule has 2 aromatic carbocycles. The summed E-state index contributed by atoms with van der Waals surface area (Å²) in [6.45, 7) is 2.05. The minimum Gasteiger partial charge on any atom is -0.318 e. The number of nitrogens with zero attached hydrogens (tertiary/aromatic N) is 1. The van der Waals surface area contributed by atoms with E-state index < -0.39 is 11.8 Å². The normalized spacial score (nSPS) is 10.5. The second kappa shape index (κ2) is 8.24. The predicted molar refractivity (Wildman–Crippen MR) is 94.3 cm³/mol. The Kier molecular flexibility index (Phi) is 6.05. The van der Waals surface area contributed by atoms with Crippen molar-refractivity contribution in [3.8, 4) is 0 Å². The topological polar surface area (TPSA) is 70.6 Å². The Hall–Kier alpha value is -2.47. The van der Waals surface area contributed by atoms with Crippen LogP contribution in [0.3, 0.4) is 0 Å². The summed E-state index contributed by atoms with van der Waals surface area (Å²) in [5.74, 6) is -1.59. The maximum absolute atomic E-state index is 11.8. The lowest BCUT2D eigenvalue weighted by molar-refractivity contribution is -0.136. The van der Waals surface area contributed by atoms with Crippen LogP contribution in [0.25, 0.3) is 0 Å². The van der Waals surface area contributed by atoms with Crippen LogP contribution in [0.4, 0.5) is 5.69 Å². The molecule has 2 N–H and O–H groups in total. The van der Waals surface area contributed by atoms with E-state index in [1.807, 2.05) is 43.3 Å². The van der Waals surface area contributed by atoms with E-state index in [2.05, 4.69) is 31.8 Å². The van der Waals surface area contributed by atoms with Crippen molar-refractivity contribution < 1.29 is 9.59 Å². The van der Waals surface area contributed by atoms with E-state index in [0.29, 0.717) is 5.69 Å².